The van der Waals surface area contributed by atoms with Gasteiger partial charge in [0.05, 0.1) is 0 Å². The van der Waals surface area contributed by atoms with Gasteiger partial charge in [-0.05, 0) is 39.0 Å². The molecule has 0 aliphatic carbocycles. The molecule has 1 saturated heterocycles. The maximum atomic E-state index is 11.7. The fraction of sp³-hybridized carbons (Fsp3) is 0.714. The summed E-state index contributed by atoms with van der Waals surface area (Å²) in [5, 5.41) is 0. The molecule has 0 bridgehead atoms. The standard InChI is InChI=1S/C14H23NO2/c1-5-13(11(4)16)8-12-6-7-15(9-12)14(17)10(2)3/h12-13H,2,5-9H2,1,3-4H3. The summed E-state index contributed by atoms with van der Waals surface area (Å²) < 4.78 is 0. The molecule has 1 rings (SSSR count). The summed E-state index contributed by atoms with van der Waals surface area (Å²) in [5.74, 6) is 0.979. The molecular formula is C14H23NO2. The highest BCUT2D eigenvalue weighted by Gasteiger charge is 2.28. The molecule has 2 unspecified atom stereocenters. The van der Waals surface area contributed by atoms with Crippen LogP contribution in [-0.2, 0) is 9.59 Å². The average molecular weight is 237 g/mol. The number of carbonyl (C=O) groups excluding carboxylic acids is 2. The Bertz CT molecular complexity index is 322. The van der Waals surface area contributed by atoms with Crippen LogP contribution in [0.1, 0.15) is 40.0 Å². The van der Waals surface area contributed by atoms with Crippen molar-refractivity contribution in [3.8, 4) is 0 Å². The van der Waals surface area contributed by atoms with Gasteiger partial charge in [0.15, 0.2) is 0 Å². The molecule has 2 atom stereocenters. The molecule has 17 heavy (non-hydrogen) atoms. The number of amides is 1. The number of hydrogen-bond acceptors (Lipinski definition) is 2. The summed E-state index contributed by atoms with van der Waals surface area (Å²) in [6, 6.07) is 0. The van der Waals surface area contributed by atoms with E-state index in [1.807, 2.05) is 4.90 Å². The minimum absolute atomic E-state index is 0.0587. The molecule has 1 amide bonds. The maximum Gasteiger partial charge on any atom is 0.248 e. The molecule has 0 saturated carbocycles. The third-order valence-corrected chi connectivity index (χ3v) is 3.62. The minimum Gasteiger partial charge on any atom is -0.339 e. The number of hydrogen-bond donors (Lipinski definition) is 0. The molecule has 0 spiro atoms. The van der Waals surface area contributed by atoms with Crippen molar-refractivity contribution in [1.29, 1.82) is 0 Å². The lowest BCUT2D eigenvalue weighted by Crippen LogP contribution is -2.29. The maximum absolute atomic E-state index is 11.7. The minimum atomic E-state index is 0.0587. The quantitative estimate of drug-likeness (QED) is 0.689. The molecule has 3 nitrogen and oxygen atoms in total. The topological polar surface area (TPSA) is 37.4 Å². The van der Waals surface area contributed by atoms with E-state index < -0.39 is 0 Å². The van der Waals surface area contributed by atoms with Gasteiger partial charge in [0, 0.05) is 24.6 Å². The van der Waals surface area contributed by atoms with Crippen LogP contribution < -0.4 is 0 Å². The second-order valence-electron chi connectivity index (χ2n) is 5.14. The molecule has 3 heteroatoms. The Morgan fingerprint density at radius 2 is 2.06 bits per heavy atom. The fourth-order valence-electron chi connectivity index (χ4n) is 2.50. The van der Waals surface area contributed by atoms with Crippen molar-refractivity contribution in [3.05, 3.63) is 12.2 Å². The van der Waals surface area contributed by atoms with Crippen molar-refractivity contribution in [2.75, 3.05) is 13.1 Å². The van der Waals surface area contributed by atoms with Gasteiger partial charge in [-0.3, -0.25) is 9.59 Å². The van der Waals surface area contributed by atoms with Gasteiger partial charge in [-0.25, -0.2) is 0 Å². The molecule has 0 N–H and O–H groups in total. The first-order valence-corrected chi connectivity index (χ1v) is 6.40. The number of ketones is 1. The lowest BCUT2D eigenvalue weighted by molar-refractivity contribution is -0.126. The van der Waals surface area contributed by atoms with Crippen molar-refractivity contribution < 1.29 is 9.59 Å². The molecule has 0 aromatic rings. The second kappa shape index (κ2) is 5.99. The van der Waals surface area contributed by atoms with Crippen molar-refractivity contribution in [1.82, 2.24) is 4.90 Å². The predicted molar refractivity (Wildman–Crippen MR) is 68.6 cm³/mol. The zero-order valence-corrected chi connectivity index (χ0v) is 11.2. The highest BCUT2D eigenvalue weighted by atomic mass is 16.2. The number of likely N-dealkylation sites (tertiary alicyclic amines) is 1. The Balaban J connectivity index is 2.48. The van der Waals surface area contributed by atoms with Crippen LogP contribution in [-0.4, -0.2) is 29.7 Å². The monoisotopic (exact) mass is 237 g/mol. The molecule has 0 aromatic carbocycles. The second-order valence-corrected chi connectivity index (χ2v) is 5.14. The summed E-state index contributed by atoms with van der Waals surface area (Å²) >= 11 is 0. The third-order valence-electron chi connectivity index (χ3n) is 3.62. The van der Waals surface area contributed by atoms with Crippen LogP contribution in [0.3, 0.4) is 0 Å². The first-order chi connectivity index (χ1) is 7.95. The number of carbonyl (C=O) groups is 2. The molecule has 1 aliphatic rings. The van der Waals surface area contributed by atoms with Crippen LogP contribution in [0.25, 0.3) is 0 Å². The van der Waals surface area contributed by atoms with E-state index in [-0.39, 0.29) is 17.6 Å². The molecule has 96 valence electrons. The molecule has 1 aliphatic heterocycles. The van der Waals surface area contributed by atoms with Crippen LogP contribution >= 0.6 is 0 Å². The number of nitrogens with zero attached hydrogens (tertiary/aromatic N) is 1. The van der Waals surface area contributed by atoms with Crippen molar-refractivity contribution >= 4 is 11.7 Å². The van der Waals surface area contributed by atoms with Crippen LogP contribution in [0.15, 0.2) is 12.2 Å². The number of Topliss-reactive ketones (excluding diaryl/α,β-unsaturated/α-hetero) is 1. The lowest BCUT2D eigenvalue weighted by Gasteiger charge is -2.18. The van der Waals surface area contributed by atoms with E-state index in [0.717, 1.165) is 32.4 Å². The summed E-state index contributed by atoms with van der Waals surface area (Å²) in [6.45, 7) is 10.8. The summed E-state index contributed by atoms with van der Waals surface area (Å²) in [7, 11) is 0. The Morgan fingerprint density at radius 1 is 1.41 bits per heavy atom. The highest BCUT2D eigenvalue weighted by molar-refractivity contribution is 5.92. The zero-order chi connectivity index (χ0) is 13.0. The molecule has 1 heterocycles. The molecule has 1 fully saturated rings. The van der Waals surface area contributed by atoms with E-state index in [1.54, 1.807) is 13.8 Å². The first-order valence-electron chi connectivity index (χ1n) is 6.40. The normalized spacial score (nSPS) is 21.4. The van der Waals surface area contributed by atoms with Gasteiger partial charge in [-0.1, -0.05) is 13.5 Å². The van der Waals surface area contributed by atoms with Crippen LogP contribution in [0.4, 0.5) is 0 Å². The summed E-state index contributed by atoms with van der Waals surface area (Å²) in [4.78, 5) is 25.0. The van der Waals surface area contributed by atoms with Crippen LogP contribution in [0.2, 0.25) is 0 Å². The first kappa shape index (κ1) is 13.9. The third kappa shape index (κ3) is 3.69. The molecule has 0 aromatic heterocycles. The summed E-state index contributed by atoms with van der Waals surface area (Å²) in [5.41, 5.74) is 0.601. The molecular weight excluding hydrogens is 214 g/mol. The number of rotatable bonds is 5. The van der Waals surface area contributed by atoms with E-state index in [9.17, 15) is 9.59 Å². The Morgan fingerprint density at radius 3 is 2.53 bits per heavy atom. The Labute approximate surface area is 104 Å². The largest absolute Gasteiger partial charge is 0.339 e. The average Bonchev–Trinajstić information content (AvgIpc) is 2.72. The Kier molecular flexibility index (Phi) is 4.91. The van der Waals surface area contributed by atoms with Gasteiger partial charge < -0.3 is 4.90 Å². The van der Waals surface area contributed by atoms with Gasteiger partial charge in [0.2, 0.25) is 5.91 Å². The van der Waals surface area contributed by atoms with Crippen molar-refractivity contribution in [2.45, 2.75) is 40.0 Å². The smallest absolute Gasteiger partial charge is 0.248 e. The SMILES string of the molecule is C=C(C)C(=O)N1CCC(CC(CC)C(C)=O)C1. The van der Waals surface area contributed by atoms with Gasteiger partial charge in [-0.15, -0.1) is 0 Å². The van der Waals surface area contributed by atoms with Gasteiger partial charge in [-0.2, -0.15) is 0 Å². The van der Waals surface area contributed by atoms with Gasteiger partial charge >= 0.3 is 0 Å². The van der Waals surface area contributed by atoms with Gasteiger partial charge in [0.25, 0.3) is 0 Å². The van der Waals surface area contributed by atoms with E-state index in [1.165, 1.54) is 0 Å². The lowest BCUT2D eigenvalue weighted by atomic mass is 9.89. The Hall–Kier alpha value is -1.12. The van der Waals surface area contributed by atoms with Gasteiger partial charge in [0.1, 0.15) is 5.78 Å². The van der Waals surface area contributed by atoms with E-state index in [4.69, 9.17) is 0 Å². The fourth-order valence-corrected chi connectivity index (χ4v) is 2.50. The summed E-state index contributed by atoms with van der Waals surface area (Å²) in [6.07, 6.45) is 2.84. The van der Waals surface area contributed by atoms with Crippen LogP contribution in [0, 0.1) is 11.8 Å². The van der Waals surface area contributed by atoms with Crippen molar-refractivity contribution in [3.63, 3.8) is 0 Å². The predicted octanol–water partition coefficient (Wildman–Crippen LogP) is 2.42. The van der Waals surface area contributed by atoms with E-state index in [0.29, 0.717) is 11.5 Å². The molecule has 0 radical (unpaired) electrons. The van der Waals surface area contributed by atoms with E-state index in [2.05, 4.69) is 13.5 Å². The van der Waals surface area contributed by atoms with Crippen LogP contribution in [0.5, 0.6) is 0 Å². The zero-order valence-electron chi connectivity index (χ0n) is 11.2. The van der Waals surface area contributed by atoms with Crippen molar-refractivity contribution in [2.24, 2.45) is 11.8 Å². The van der Waals surface area contributed by atoms with E-state index >= 15 is 0 Å². The highest BCUT2D eigenvalue weighted by Crippen LogP contribution is 2.26.